The van der Waals surface area contributed by atoms with E-state index >= 15 is 0 Å². The number of ketones is 1. The molecule has 15 nitrogen and oxygen atoms in total. The van der Waals surface area contributed by atoms with Crippen LogP contribution in [-0.2, 0) is 38.1 Å². The monoisotopic (exact) mass is 606 g/mol. The van der Waals surface area contributed by atoms with E-state index in [0.29, 0.717) is 24.8 Å². The van der Waals surface area contributed by atoms with Crippen LogP contribution in [0.1, 0.15) is 46.5 Å². The third kappa shape index (κ3) is 8.11. The van der Waals surface area contributed by atoms with E-state index in [1.807, 2.05) is 13.8 Å². The Bertz CT molecular complexity index is 998. The molecule has 3 rings (SSSR count). The Kier molecular flexibility index (Phi) is 11.6. The van der Waals surface area contributed by atoms with Crippen LogP contribution in [0.4, 0.5) is 0 Å². The molecule has 2 saturated heterocycles. The Balaban J connectivity index is 1.74. The number of carboxylic acids is 1. The van der Waals surface area contributed by atoms with E-state index in [2.05, 4.69) is 0 Å². The Morgan fingerprint density at radius 3 is 2.43 bits per heavy atom. The first kappa shape index (κ1) is 34.4. The van der Waals surface area contributed by atoms with Gasteiger partial charge < -0.3 is 59.4 Å². The fourth-order valence-electron chi connectivity index (χ4n) is 5.57. The lowest BCUT2D eigenvalue weighted by Crippen LogP contribution is -2.62. The smallest absolute Gasteiger partial charge is 0.317 e. The molecule has 0 bridgehead atoms. The minimum atomic E-state index is -2.03. The number of aliphatic hydroxyl groups excluding tert-OH is 5. The second-order valence-corrected chi connectivity index (χ2v) is 11.8. The van der Waals surface area contributed by atoms with Gasteiger partial charge in [-0.05, 0) is 42.7 Å². The summed E-state index contributed by atoms with van der Waals surface area (Å²) in [6, 6.07) is 0. The van der Waals surface area contributed by atoms with Crippen molar-refractivity contribution in [3.05, 3.63) is 11.6 Å². The van der Waals surface area contributed by atoms with Crippen molar-refractivity contribution in [1.82, 2.24) is 0 Å². The average Bonchev–Trinajstić information content (AvgIpc) is 3.19. The largest absolute Gasteiger partial charge is 0.481 e. The van der Waals surface area contributed by atoms with Gasteiger partial charge in [0.2, 0.25) is 0 Å². The third-order valence-electron chi connectivity index (χ3n) is 8.00. The van der Waals surface area contributed by atoms with Gasteiger partial charge in [-0.25, -0.2) is 0 Å². The lowest BCUT2D eigenvalue weighted by Gasteiger charge is -2.44. The van der Waals surface area contributed by atoms with Crippen LogP contribution in [0.5, 0.6) is 0 Å². The van der Waals surface area contributed by atoms with Gasteiger partial charge in [0.25, 0.3) is 0 Å². The first-order valence-corrected chi connectivity index (χ1v) is 13.8. The molecule has 0 aromatic carbocycles. The Hall–Kier alpha value is -2.05. The van der Waals surface area contributed by atoms with Crippen LogP contribution < -0.4 is 0 Å². The highest BCUT2D eigenvalue weighted by Gasteiger charge is 2.53. The number of allylic oxidation sites excluding steroid dienone is 1. The fraction of sp³-hybridized carbons (Fsp3) is 0.815. The van der Waals surface area contributed by atoms with Gasteiger partial charge in [0, 0.05) is 6.42 Å². The van der Waals surface area contributed by atoms with E-state index in [4.69, 9.17) is 28.8 Å². The van der Waals surface area contributed by atoms with Crippen LogP contribution in [0.15, 0.2) is 11.6 Å². The Morgan fingerprint density at radius 1 is 1.14 bits per heavy atom. The van der Waals surface area contributed by atoms with Crippen molar-refractivity contribution in [2.45, 2.75) is 101 Å². The molecular formula is C27H42O15. The van der Waals surface area contributed by atoms with Gasteiger partial charge in [-0.15, -0.1) is 0 Å². The molecule has 42 heavy (non-hydrogen) atoms. The summed E-state index contributed by atoms with van der Waals surface area (Å²) in [7, 11) is 0. The number of hydrogen-bond acceptors (Lipinski definition) is 14. The number of ether oxygens (including phenoxy) is 5. The van der Waals surface area contributed by atoms with Crippen molar-refractivity contribution in [2.24, 2.45) is 11.3 Å². The quantitative estimate of drug-likeness (QED) is 0.0886. The van der Waals surface area contributed by atoms with Crippen molar-refractivity contribution >= 4 is 17.7 Å². The van der Waals surface area contributed by atoms with Crippen LogP contribution in [0.3, 0.4) is 0 Å². The van der Waals surface area contributed by atoms with Gasteiger partial charge in [-0.1, -0.05) is 13.8 Å². The molecule has 15 heteroatoms. The number of hydrogen-bond donors (Lipinski definition) is 7. The first-order chi connectivity index (χ1) is 19.6. The second kappa shape index (κ2) is 14.2. The first-order valence-electron chi connectivity index (χ1n) is 13.8. The van der Waals surface area contributed by atoms with E-state index < -0.39 is 98.4 Å². The normalized spacial score (nSPS) is 37.3. The number of rotatable bonds is 13. The van der Waals surface area contributed by atoms with Crippen LogP contribution in [-0.4, -0.2) is 135 Å². The lowest BCUT2D eigenvalue weighted by atomic mass is 9.66. The summed E-state index contributed by atoms with van der Waals surface area (Å²) in [5.74, 6) is -2.70. The SMILES string of the molecule is CC(CC[C@H]1C(CO)=CC(=O)CC1(C)C)O[C@@H]1O[C@H](COC(=O)CC(=O)O)[C@@H](O)[C@H](O)[C@H]1O[C@@H]1OC[C@](O)(CO)[C@H]1O. The number of esters is 1. The standard InChI is InChI=1S/C27H42O15/c1-13(4-5-16-14(9-28)6-15(30)8-26(16,2)3)40-24-22(42-25-23(36)27(37,11-29)12-39-25)21(35)20(34)17(41-24)10-38-19(33)7-18(31)32/h6,13,16-17,20-25,28-29,34-37H,4-5,7-12H2,1-3H3,(H,31,32)/t13?,16-,17+,20+,21-,22+,23-,24+,25-,27+/m0/s1. The van der Waals surface area contributed by atoms with E-state index in [-0.39, 0.29) is 18.3 Å². The number of aliphatic hydroxyl groups is 6. The summed E-state index contributed by atoms with van der Waals surface area (Å²) in [6.45, 7) is 3.37. The van der Waals surface area contributed by atoms with Gasteiger partial charge in [0.05, 0.1) is 25.9 Å². The molecule has 0 amide bonds. The van der Waals surface area contributed by atoms with Crippen LogP contribution >= 0.6 is 0 Å². The fourth-order valence-corrected chi connectivity index (χ4v) is 5.57. The van der Waals surface area contributed by atoms with E-state index in [9.17, 15) is 45.0 Å². The molecule has 1 aliphatic carbocycles. The highest BCUT2D eigenvalue weighted by atomic mass is 16.8. The van der Waals surface area contributed by atoms with Crippen molar-refractivity contribution in [3.8, 4) is 0 Å². The molecule has 0 aromatic rings. The van der Waals surface area contributed by atoms with Crippen molar-refractivity contribution < 1.29 is 73.8 Å². The van der Waals surface area contributed by atoms with Crippen LogP contribution in [0, 0.1) is 11.3 Å². The number of carbonyl (C=O) groups excluding carboxylic acids is 2. The van der Waals surface area contributed by atoms with Crippen molar-refractivity contribution in [3.63, 3.8) is 0 Å². The summed E-state index contributed by atoms with van der Waals surface area (Å²) in [6.07, 6.45) is -9.83. The zero-order valence-electron chi connectivity index (χ0n) is 23.8. The van der Waals surface area contributed by atoms with Crippen LogP contribution in [0.25, 0.3) is 0 Å². The van der Waals surface area contributed by atoms with Crippen LogP contribution in [0.2, 0.25) is 0 Å². The minimum absolute atomic E-state index is 0.0627. The summed E-state index contributed by atoms with van der Waals surface area (Å²) in [5.41, 5.74) is -1.83. The number of aliphatic carboxylic acids is 1. The van der Waals surface area contributed by atoms with E-state index in [1.165, 1.54) is 6.08 Å². The highest BCUT2D eigenvalue weighted by Crippen LogP contribution is 2.43. The van der Waals surface area contributed by atoms with Gasteiger partial charge >= 0.3 is 11.9 Å². The molecule has 7 N–H and O–H groups in total. The number of carbonyl (C=O) groups is 3. The Morgan fingerprint density at radius 2 is 1.83 bits per heavy atom. The molecule has 0 spiro atoms. The van der Waals surface area contributed by atoms with Crippen molar-refractivity contribution in [2.75, 3.05) is 26.4 Å². The Labute approximate surface area is 242 Å². The van der Waals surface area contributed by atoms with Gasteiger partial charge in [-0.3, -0.25) is 14.4 Å². The molecule has 10 atom stereocenters. The molecule has 2 aliphatic heterocycles. The predicted octanol–water partition coefficient (Wildman–Crippen LogP) is -2.00. The average molecular weight is 607 g/mol. The van der Waals surface area contributed by atoms with E-state index in [0.717, 1.165) is 0 Å². The summed E-state index contributed by atoms with van der Waals surface area (Å²) in [5, 5.41) is 70.4. The minimum Gasteiger partial charge on any atom is -0.481 e. The maximum absolute atomic E-state index is 12.1. The molecule has 0 aromatic heterocycles. The molecule has 0 radical (unpaired) electrons. The maximum atomic E-state index is 12.1. The van der Waals surface area contributed by atoms with Gasteiger partial charge in [0.15, 0.2) is 18.4 Å². The summed E-state index contributed by atoms with van der Waals surface area (Å²) < 4.78 is 27.7. The molecule has 2 fully saturated rings. The molecule has 2 heterocycles. The molecule has 1 unspecified atom stereocenters. The lowest BCUT2D eigenvalue weighted by molar-refractivity contribution is -0.343. The zero-order valence-corrected chi connectivity index (χ0v) is 23.8. The summed E-state index contributed by atoms with van der Waals surface area (Å²) >= 11 is 0. The predicted molar refractivity (Wildman–Crippen MR) is 138 cm³/mol. The molecule has 0 saturated carbocycles. The topological polar surface area (TPSA) is 239 Å². The zero-order chi connectivity index (χ0) is 31.4. The maximum Gasteiger partial charge on any atom is 0.317 e. The molecule has 3 aliphatic rings. The van der Waals surface area contributed by atoms with Gasteiger partial charge in [-0.2, -0.15) is 0 Å². The second-order valence-electron chi connectivity index (χ2n) is 11.8. The highest BCUT2D eigenvalue weighted by molar-refractivity contribution is 5.92. The van der Waals surface area contributed by atoms with E-state index in [1.54, 1.807) is 6.92 Å². The summed E-state index contributed by atoms with van der Waals surface area (Å²) in [4.78, 5) is 34.6. The number of carboxylic acid groups (broad SMARTS) is 1. The molecule has 240 valence electrons. The van der Waals surface area contributed by atoms with Gasteiger partial charge in [0.1, 0.15) is 49.1 Å². The third-order valence-corrected chi connectivity index (χ3v) is 8.00. The molecular weight excluding hydrogens is 564 g/mol. The van der Waals surface area contributed by atoms with Crippen molar-refractivity contribution in [1.29, 1.82) is 0 Å².